The number of benzene rings is 1. The second-order valence-corrected chi connectivity index (χ2v) is 5.54. The number of carbonyl (C=O) groups excluding carboxylic acids is 1. The Bertz CT molecular complexity index is 479. The summed E-state index contributed by atoms with van der Waals surface area (Å²) in [5, 5.41) is 3.32. The largest absolute Gasteiger partial charge is 0.495 e. The summed E-state index contributed by atoms with van der Waals surface area (Å²) in [6.07, 6.45) is 2.42. The molecule has 0 unspecified atom stereocenters. The summed E-state index contributed by atoms with van der Waals surface area (Å²) < 4.78 is 10.9. The monoisotopic (exact) mass is 313 g/mol. The third kappa shape index (κ3) is 4.90. The average molecular weight is 314 g/mol. The van der Waals surface area contributed by atoms with Crippen LogP contribution >= 0.6 is 11.6 Å². The Morgan fingerprint density at radius 3 is 2.57 bits per heavy atom. The molecule has 4 nitrogen and oxygen atoms in total. The quantitative estimate of drug-likeness (QED) is 0.779. The van der Waals surface area contributed by atoms with Gasteiger partial charge in [-0.1, -0.05) is 31.9 Å². The van der Waals surface area contributed by atoms with Crippen molar-refractivity contribution in [3.05, 3.63) is 23.2 Å². The number of rotatable bonds is 8. The molecule has 1 aromatic rings. The first-order chi connectivity index (χ1) is 9.96. The van der Waals surface area contributed by atoms with E-state index in [1.54, 1.807) is 25.3 Å². The van der Waals surface area contributed by atoms with Gasteiger partial charge >= 0.3 is 0 Å². The molecule has 0 aromatic heterocycles. The lowest BCUT2D eigenvalue weighted by Gasteiger charge is -2.28. The van der Waals surface area contributed by atoms with Crippen LogP contribution in [0.3, 0.4) is 0 Å². The van der Waals surface area contributed by atoms with Crippen LogP contribution in [0.1, 0.15) is 40.0 Å². The molecule has 0 radical (unpaired) electrons. The Labute approximate surface area is 131 Å². The lowest BCUT2D eigenvalue weighted by atomic mass is 9.99. The molecule has 0 fully saturated rings. The molecule has 0 spiro atoms. The molecule has 1 aromatic carbocycles. The Morgan fingerprint density at radius 2 is 2.05 bits per heavy atom. The first-order valence-electron chi connectivity index (χ1n) is 7.25. The highest BCUT2D eigenvalue weighted by Crippen LogP contribution is 2.28. The molecular weight excluding hydrogens is 290 g/mol. The summed E-state index contributed by atoms with van der Waals surface area (Å²) in [4.78, 5) is 12.5. The van der Waals surface area contributed by atoms with Gasteiger partial charge in [0.1, 0.15) is 11.4 Å². The van der Waals surface area contributed by atoms with Crippen molar-refractivity contribution in [2.45, 2.75) is 45.6 Å². The van der Waals surface area contributed by atoms with Crippen molar-refractivity contribution in [2.75, 3.05) is 19.0 Å². The van der Waals surface area contributed by atoms with Gasteiger partial charge in [-0.2, -0.15) is 0 Å². The molecule has 1 rings (SSSR count). The molecule has 1 N–H and O–H groups in total. The van der Waals surface area contributed by atoms with Gasteiger partial charge in [0.05, 0.1) is 12.1 Å². The van der Waals surface area contributed by atoms with E-state index in [4.69, 9.17) is 21.1 Å². The van der Waals surface area contributed by atoms with E-state index in [2.05, 4.69) is 5.32 Å². The first kappa shape index (κ1) is 17.8. The second-order valence-electron chi connectivity index (χ2n) is 5.13. The van der Waals surface area contributed by atoms with Crippen molar-refractivity contribution in [2.24, 2.45) is 0 Å². The summed E-state index contributed by atoms with van der Waals surface area (Å²) >= 11 is 6.06. The zero-order valence-electron chi connectivity index (χ0n) is 13.2. The molecule has 0 aliphatic rings. The number of halogens is 1. The summed E-state index contributed by atoms with van der Waals surface area (Å²) in [5.74, 6) is 0.423. The molecule has 0 heterocycles. The average Bonchev–Trinajstić information content (AvgIpc) is 2.45. The highest BCUT2D eigenvalue weighted by atomic mass is 35.5. The van der Waals surface area contributed by atoms with E-state index in [-0.39, 0.29) is 5.91 Å². The topological polar surface area (TPSA) is 47.6 Å². The molecule has 0 saturated carbocycles. The predicted molar refractivity (Wildman–Crippen MR) is 86.2 cm³/mol. The van der Waals surface area contributed by atoms with Gasteiger partial charge < -0.3 is 14.8 Å². The number of hydrogen-bond donors (Lipinski definition) is 1. The number of carbonyl (C=O) groups is 1. The minimum absolute atomic E-state index is 0.154. The van der Waals surface area contributed by atoms with Gasteiger partial charge in [-0.15, -0.1) is 0 Å². The zero-order chi connectivity index (χ0) is 15.9. The molecule has 0 aliphatic heterocycles. The first-order valence-corrected chi connectivity index (χ1v) is 7.63. The maximum absolute atomic E-state index is 12.5. The van der Waals surface area contributed by atoms with E-state index < -0.39 is 5.60 Å². The van der Waals surface area contributed by atoms with E-state index in [1.165, 1.54) is 0 Å². The summed E-state index contributed by atoms with van der Waals surface area (Å²) in [5.41, 5.74) is -0.190. The number of anilines is 1. The molecule has 0 bridgehead atoms. The van der Waals surface area contributed by atoms with Gasteiger partial charge in [-0.3, -0.25) is 4.79 Å². The lowest BCUT2D eigenvalue weighted by Crippen LogP contribution is -2.43. The Morgan fingerprint density at radius 1 is 1.33 bits per heavy atom. The zero-order valence-corrected chi connectivity index (χ0v) is 13.9. The molecule has 0 aliphatic carbocycles. The van der Waals surface area contributed by atoms with Gasteiger partial charge in [-0.25, -0.2) is 0 Å². The maximum atomic E-state index is 12.5. The fourth-order valence-corrected chi connectivity index (χ4v) is 2.32. The van der Waals surface area contributed by atoms with Crippen LogP contribution in [0.15, 0.2) is 18.2 Å². The molecule has 21 heavy (non-hydrogen) atoms. The number of ether oxygens (including phenoxy) is 2. The van der Waals surface area contributed by atoms with Gasteiger partial charge in [0.25, 0.3) is 5.91 Å². The van der Waals surface area contributed by atoms with Crippen LogP contribution in [-0.4, -0.2) is 25.2 Å². The molecule has 1 atom stereocenters. The van der Waals surface area contributed by atoms with Crippen LogP contribution in [0.5, 0.6) is 5.75 Å². The molecule has 118 valence electrons. The van der Waals surface area contributed by atoms with E-state index in [1.807, 2.05) is 20.8 Å². The van der Waals surface area contributed by atoms with Gasteiger partial charge in [0, 0.05) is 12.3 Å². The fraction of sp³-hybridized carbons (Fsp3) is 0.562. The Balaban J connectivity index is 2.83. The normalized spacial score (nSPS) is 13.6. The smallest absolute Gasteiger partial charge is 0.256 e. The van der Waals surface area contributed by atoms with Crippen molar-refractivity contribution in [3.8, 4) is 5.75 Å². The minimum Gasteiger partial charge on any atom is -0.495 e. The summed E-state index contributed by atoms with van der Waals surface area (Å²) in [6, 6.07) is 5.15. The van der Waals surface area contributed by atoms with E-state index in [0.717, 1.165) is 12.8 Å². The van der Waals surface area contributed by atoms with Gasteiger partial charge in [0.2, 0.25) is 0 Å². The van der Waals surface area contributed by atoms with Crippen LogP contribution in [0.2, 0.25) is 5.02 Å². The van der Waals surface area contributed by atoms with Crippen molar-refractivity contribution >= 4 is 23.2 Å². The van der Waals surface area contributed by atoms with Gasteiger partial charge in [-0.05, 0) is 38.0 Å². The van der Waals surface area contributed by atoms with E-state index in [9.17, 15) is 4.79 Å². The second kappa shape index (κ2) is 8.25. The van der Waals surface area contributed by atoms with Crippen molar-refractivity contribution in [1.82, 2.24) is 0 Å². The highest BCUT2D eigenvalue weighted by molar-refractivity contribution is 6.32. The minimum atomic E-state index is -0.822. The number of nitrogens with one attached hydrogen (secondary N) is 1. The van der Waals surface area contributed by atoms with Crippen LogP contribution in [0.4, 0.5) is 5.69 Å². The maximum Gasteiger partial charge on any atom is 0.256 e. The lowest BCUT2D eigenvalue weighted by molar-refractivity contribution is -0.140. The van der Waals surface area contributed by atoms with Crippen molar-refractivity contribution in [3.63, 3.8) is 0 Å². The molecule has 1 amide bonds. The van der Waals surface area contributed by atoms with E-state index in [0.29, 0.717) is 29.5 Å². The predicted octanol–water partition coefficient (Wildman–Crippen LogP) is 4.27. The highest BCUT2D eigenvalue weighted by Gasteiger charge is 2.33. The standard InChI is InChI=1S/C16H24ClNO3/c1-5-9-16(3,21-10-6-2)15(19)18-12-7-8-14(20-4)13(17)11-12/h7-8,11H,5-6,9-10H2,1-4H3,(H,18,19)/t16-/m0/s1. The molecule has 0 saturated heterocycles. The summed E-state index contributed by atoms with van der Waals surface area (Å²) in [7, 11) is 1.55. The Hall–Kier alpha value is -1.26. The number of methoxy groups -OCH3 is 1. The van der Waals surface area contributed by atoms with Crippen LogP contribution in [-0.2, 0) is 9.53 Å². The molecular formula is C16H24ClNO3. The SMILES string of the molecule is CCCO[C@@](C)(CCC)C(=O)Nc1ccc(OC)c(Cl)c1. The van der Waals surface area contributed by atoms with Gasteiger partial charge in [0.15, 0.2) is 0 Å². The van der Waals surface area contributed by atoms with E-state index >= 15 is 0 Å². The Kier molecular flexibility index (Phi) is 6.99. The number of amides is 1. The van der Waals surface area contributed by atoms with Crippen molar-refractivity contribution in [1.29, 1.82) is 0 Å². The van der Waals surface area contributed by atoms with Crippen LogP contribution in [0.25, 0.3) is 0 Å². The third-order valence-electron chi connectivity index (χ3n) is 3.24. The number of hydrogen-bond acceptors (Lipinski definition) is 3. The van der Waals surface area contributed by atoms with Crippen LogP contribution < -0.4 is 10.1 Å². The van der Waals surface area contributed by atoms with Crippen molar-refractivity contribution < 1.29 is 14.3 Å². The molecule has 5 heteroatoms. The third-order valence-corrected chi connectivity index (χ3v) is 3.54. The fourth-order valence-electron chi connectivity index (χ4n) is 2.06. The van der Waals surface area contributed by atoms with Crippen LogP contribution in [0, 0.1) is 0 Å². The summed E-state index contributed by atoms with van der Waals surface area (Å²) in [6.45, 7) is 6.44.